The fourth-order valence-corrected chi connectivity index (χ4v) is 14.2. The fraction of sp³-hybridized carbons (Fsp3) is 0.534. The maximum absolute atomic E-state index is 14.8. The summed E-state index contributed by atoms with van der Waals surface area (Å²) in [6, 6.07) is 14.5. The maximum Gasteiger partial charge on any atom is 0.324 e. The molecule has 10 rings (SSSR count). The molecule has 1 saturated carbocycles. The van der Waals surface area contributed by atoms with Gasteiger partial charge in [-0.25, -0.2) is 10.4 Å². The monoisotopic (exact) mass is 1090 g/mol. The molecule has 5 aliphatic rings. The number of hydrogen-bond acceptors (Lipinski definition) is 13. The molecule has 77 heavy (non-hydrogen) atoms. The number of likely N-dealkylation sites (N-methyl/N-ethyl adjacent to an activating group) is 1. The van der Waals surface area contributed by atoms with E-state index in [-0.39, 0.29) is 49.5 Å². The molecule has 2 N–H and O–H groups in total. The Balaban J connectivity index is 0.909. The van der Waals surface area contributed by atoms with Gasteiger partial charge in [0, 0.05) is 85.8 Å². The number of ether oxygens (including phenoxy) is 2. The van der Waals surface area contributed by atoms with E-state index in [2.05, 4.69) is 60.3 Å². The van der Waals surface area contributed by atoms with E-state index in [9.17, 15) is 28.5 Å². The molecule has 6 bridgehead atoms. The van der Waals surface area contributed by atoms with Gasteiger partial charge >= 0.3 is 5.97 Å². The summed E-state index contributed by atoms with van der Waals surface area (Å²) >= 11 is -0.0782. The second kappa shape index (κ2) is 22.2. The van der Waals surface area contributed by atoms with Crippen molar-refractivity contribution in [2.24, 2.45) is 23.2 Å². The number of fused-ring (bicyclic) bond motifs is 6. The molecule has 3 saturated heterocycles. The molecule has 4 aliphatic heterocycles. The summed E-state index contributed by atoms with van der Waals surface area (Å²) in [4.78, 5) is 86.1. The average Bonchev–Trinajstić information content (AvgIpc) is 4.45. The van der Waals surface area contributed by atoms with E-state index in [1.54, 1.807) is 25.3 Å². The van der Waals surface area contributed by atoms with Gasteiger partial charge in [-0.2, -0.15) is 0 Å². The first-order valence-corrected chi connectivity index (χ1v) is 29.3. The van der Waals surface area contributed by atoms with Crippen molar-refractivity contribution in [2.75, 3.05) is 40.4 Å². The fourth-order valence-electron chi connectivity index (χ4n) is 11.9. The van der Waals surface area contributed by atoms with Crippen LogP contribution in [0.15, 0.2) is 71.1 Å². The number of hydrazine groups is 1. The molecule has 19 heteroatoms. The lowest BCUT2D eigenvalue weighted by Crippen LogP contribution is -2.62. The Bertz CT molecular complexity index is 3050. The number of benzene rings is 2. The summed E-state index contributed by atoms with van der Waals surface area (Å²) < 4.78 is 29.9. The first-order valence-electron chi connectivity index (χ1n) is 27.3. The SMILES string of the molecule is CCn1c(-c2cccnc2[C@H](C)OC)c2c3cc(ccc31)-c1csc(n1)C[C@H](NC(=O)[C@H](C(C)C)N(C)C(=O)[C@@H]1CCN(C(=O)[C@H]3[C@@H](C4CC4)N3[S+]([O-])c3ccc(C)cc3)C1)C(=O)N1CCC[C@H](N1)C(=O)OCC(C)(C)C2. The van der Waals surface area contributed by atoms with E-state index < -0.39 is 64.6 Å². The third kappa shape index (κ3) is 11.0. The van der Waals surface area contributed by atoms with Crippen molar-refractivity contribution < 1.29 is 38.0 Å². The Morgan fingerprint density at radius 3 is 2.53 bits per heavy atom. The first-order chi connectivity index (χ1) is 36.9. The van der Waals surface area contributed by atoms with Gasteiger partial charge in [0.05, 0.1) is 58.1 Å². The number of hydrogen-bond donors (Lipinski definition) is 2. The molecule has 0 radical (unpaired) electrons. The normalized spacial score (nSPS) is 24.8. The zero-order valence-corrected chi connectivity index (χ0v) is 47.4. The summed E-state index contributed by atoms with van der Waals surface area (Å²) in [7, 11) is 3.30. The quantitative estimate of drug-likeness (QED) is 0.0696. The number of rotatable bonds is 13. The van der Waals surface area contributed by atoms with Crippen LogP contribution in [0.2, 0.25) is 0 Å². The number of nitrogens with zero attached hydrogens (tertiary/aromatic N) is 7. The van der Waals surface area contributed by atoms with Gasteiger partial charge in [-0.15, -0.1) is 15.6 Å². The lowest BCUT2D eigenvalue weighted by atomic mass is 9.84. The minimum absolute atomic E-state index is 0.0545. The Labute approximate surface area is 458 Å². The smallest absolute Gasteiger partial charge is 0.324 e. The number of likely N-dealkylation sites (tertiary alicyclic amines) is 1. The summed E-state index contributed by atoms with van der Waals surface area (Å²) in [6.07, 6.45) is 5.54. The van der Waals surface area contributed by atoms with Gasteiger partial charge in [-0.1, -0.05) is 51.5 Å². The highest BCUT2D eigenvalue weighted by molar-refractivity contribution is 7.89. The van der Waals surface area contributed by atoms with Crippen LogP contribution in [0.4, 0.5) is 0 Å². The lowest BCUT2D eigenvalue weighted by molar-refractivity contribution is -0.155. The molecule has 7 heterocycles. The number of cyclic esters (lactones) is 1. The summed E-state index contributed by atoms with van der Waals surface area (Å²) in [5, 5.41) is 8.12. The van der Waals surface area contributed by atoms with Crippen LogP contribution in [0.1, 0.15) is 102 Å². The number of esters is 1. The highest BCUT2D eigenvalue weighted by Crippen LogP contribution is 2.51. The molecule has 4 fully saturated rings. The number of aromatic nitrogens is 3. The van der Waals surface area contributed by atoms with E-state index in [0.29, 0.717) is 61.1 Å². The van der Waals surface area contributed by atoms with Crippen LogP contribution in [-0.4, -0.2) is 138 Å². The van der Waals surface area contributed by atoms with Crippen molar-refractivity contribution in [1.82, 2.24) is 44.4 Å². The molecule has 3 aromatic heterocycles. The minimum atomic E-state index is -1.48. The van der Waals surface area contributed by atoms with Crippen molar-refractivity contribution in [3.05, 3.63) is 88.0 Å². The summed E-state index contributed by atoms with van der Waals surface area (Å²) in [5.74, 6) is -2.35. The number of amides is 4. The van der Waals surface area contributed by atoms with Gasteiger partial charge in [0.1, 0.15) is 18.1 Å². The van der Waals surface area contributed by atoms with Crippen molar-refractivity contribution in [3.8, 4) is 22.5 Å². The number of carbonyl (C=O) groups is 5. The van der Waals surface area contributed by atoms with Crippen LogP contribution in [0.25, 0.3) is 33.4 Å². The molecule has 410 valence electrons. The summed E-state index contributed by atoms with van der Waals surface area (Å²) in [5.41, 5.74) is 10.3. The van der Waals surface area contributed by atoms with Crippen LogP contribution < -0.4 is 10.7 Å². The van der Waals surface area contributed by atoms with E-state index in [1.807, 2.05) is 67.7 Å². The Kier molecular flexibility index (Phi) is 15.8. The minimum Gasteiger partial charge on any atom is -0.593 e. The van der Waals surface area contributed by atoms with Crippen LogP contribution in [0.5, 0.6) is 0 Å². The van der Waals surface area contributed by atoms with Crippen molar-refractivity contribution >= 4 is 63.2 Å². The molecule has 9 atom stereocenters. The lowest BCUT2D eigenvalue weighted by Gasteiger charge is -2.36. The Hall–Kier alpha value is -5.70. The molecule has 2 aromatic carbocycles. The Morgan fingerprint density at radius 1 is 1.05 bits per heavy atom. The number of carbonyl (C=O) groups excluding carboxylic acids is 5. The van der Waals surface area contributed by atoms with Crippen molar-refractivity contribution in [3.63, 3.8) is 0 Å². The highest BCUT2D eigenvalue weighted by Gasteiger charge is 2.67. The van der Waals surface area contributed by atoms with E-state index in [4.69, 9.17) is 19.4 Å². The molecule has 5 aromatic rings. The van der Waals surface area contributed by atoms with Crippen LogP contribution in [0, 0.1) is 30.1 Å². The predicted molar refractivity (Wildman–Crippen MR) is 295 cm³/mol. The van der Waals surface area contributed by atoms with E-state index in [1.165, 1.54) is 21.2 Å². The van der Waals surface area contributed by atoms with Crippen LogP contribution >= 0.6 is 11.3 Å². The van der Waals surface area contributed by atoms with Crippen molar-refractivity contribution in [2.45, 2.75) is 141 Å². The van der Waals surface area contributed by atoms with E-state index in [0.717, 1.165) is 63.1 Å². The maximum atomic E-state index is 14.8. The molecular formula is C58H73N9O8S2. The first kappa shape index (κ1) is 54.6. The van der Waals surface area contributed by atoms with Gasteiger partial charge in [-0.3, -0.25) is 34.0 Å². The molecule has 2 unspecified atom stereocenters. The Morgan fingerprint density at radius 2 is 1.82 bits per heavy atom. The van der Waals surface area contributed by atoms with Crippen LogP contribution in [-0.2, 0) is 64.2 Å². The second-order valence-corrected chi connectivity index (χ2v) is 25.2. The summed E-state index contributed by atoms with van der Waals surface area (Å²) in [6.45, 7) is 15.7. The van der Waals surface area contributed by atoms with Gasteiger partial charge in [0.2, 0.25) is 17.7 Å². The number of nitrogens with one attached hydrogen (secondary N) is 2. The molecule has 4 amide bonds. The number of methoxy groups -OCH3 is 1. The van der Waals surface area contributed by atoms with Gasteiger partial charge in [0.15, 0.2) is 10.9 Å². The number of thiazole rings is 1. The van der Waals surface area contributed by atoms with Gasteiger partial charge in [0.25, 0.3) is 5.91 Å². The average molecular weight is 1090 g/mol. The topological polar surface area (TPSA) is 194 Å². The number of pyridine rings is 1. The van der Waals surface area contributed by atoms with Crippen molar-refractivity contribution in [1.29, 1.82) is 0 Å². The third-order valence-electron chi connectivity index (χ3n) is 16.2. The molecule has 17 nitrogen and oxygen atoms in total. The molecular weight excluding hydrogens is 1010 g/mol. The predicted octanol–water partition coefficient (Wildman–Crippen LogP) is 7.03. The molecule has 0 spiro atoms. The zero-order chi connectivity index (χ0) is 54.6. The second-order valence-electron chi connectivity index (χ2n) is 22.9. The number of aryl methyl sites for hydroxylation is 2. The van der Waals surface area contributed by atoms with Crippen LogP contribution in [0.3, 0.4) is 0 Å². The van der Waals surface area contributed by atoms with Gasteiger partial charge in [-0.05, 0) is 113 Å². The van der Waals surface area contributed by atoms with E-state index >= 15 is 0 Å². The third-order valence-corrected chi connectivity index (χ3v) is 18.6. The largest absolute Gasteiger partial charge is 0.593 e. The zero-order valence-electron chi connectivity index (χ0n) is 45.7. The highest BCUT2D eigenvalue weighted by atomic mass is 32.2. The van der Waals surface area contributed by atoms with Gasteiger partial charge < -0.3 is 33.7 Å². The molecule has 1 aliphatic carbocycles. The standard InChI is InChI=1S/C58H73N9O8S2/c1-10-65-46-22-19-37-27-41(46)42(51(65)40-13-11-24-59-48(40)35(5)74-9)29-58(6,7)32-75-57(72)43-14-12-25-66(62-43)55(70)44(28-47-60-45(37)31-76-47)61-53(68)49(33(2)3)63(8)54(69)38-23-26-64(30-38)56(71)52-50(36-17-18-36)67(52)77(73)39-20-15-34(4)16-21-39/h11,13,15-16,19-22,24,27,31,33,35-36,38,43-44,49-50,52,62H,10,12,14,17-18,23,25-26,28-30,32H2,1-9H3,(H,61,68)/t35-,38+,43-,44-,49-,50+,52+,67?,77?/m0/s1.